The molecule has 2 amide bonds. The highest BCUT2D eigenvalue weighted by Gasteiger charge is 2.21. The number of carbonyl (C=O) groups excluding carboxylic acids is 2. The number of rotatable bonds is 7. The third-order valence-corrected chi connectivity index (χ3v) is 7.18. The maximum absolute atomic E-state index is 12.5. The van der Waals surface area contributed by atoms with E-state index in [1.165, 1.54) is 29.5 Å². The zero-order chi connectivity index (χ0) is 20.1. The van der Waals surface area contributed by atoms with Gasteiger partial charge in [0, 0.05) is 17.9 Å². The number of carbonyl (C=O) groups is 2. The molecular formula is C20H22N2O4S2. The second kappa shape index (κ2) is 8.79. The van der Waals surface area contributed by atoms with Crippen LogP contribution in [0.5, 0.6) is 0 Å². The first-order valence-electron chi connectivity index (χ1n) is 8.95. The van der Waals surface area contributed by atoms with Crippen molar-refractivity contribution in [2.24, 2.45) is 0 Å². The Morgan fingerprint density at radius 1 is 1.18 bits per heavy atom. The van der Waals surface area contributed by atoms with Crippen LogP contribution in [0.1, 0.15) is 17.5 Å². The molecule has 1 aliphatic heterocycles. The largest absolute Gasteiger partial charge is 0.356 e. The lowest BCUT2D eigenvalue weighted by molar-refractivity contribution is -0.120. The molecule has 0 unspecified atom stereocenters. The van der Waals surface area contributed by atoms with Crippen LogP contribution in [-0.2, 0) is 25.8 Å². The van der Waals surface area contributed by atoms with Crippen LogP contribution in [0.15, 0.2) is 52.3 Å². The van der Waals surface area contributed by atoms with E-state index in [0.29, 0.717) is 24.4 Å². The highest BCUT2D eigenvalue weighted by atomic mass is 32.2. The summed E-state index contributed by atoms with van der Waals surface area (Å²) in [6, 6.07) is 12.7. The Bertz CT molecular complexity index is 986. The topological polar surface area (TPSA) is 92.3 Å². The van der Waals surface area contributed by atoms with E-state index in [2.05, 4.69) is 10.6 Å². The highest BCUT2D eigenvalue weighted by Crippen LogP contribution is 2.33. The summed E-state index contributed by atoms with van der Waals surface area (Å²) in [4.78, 5) is 24.4. The van der Waals surface area contributed by atoms with Gasteiger partial charge in [-0.2, -0.15) is 0 Å². The van der Waals surface area contributed by atoms with Crippen LogP contribution in [0.25, 0.3) is 0 Å². The smallest absolute Gasteiger partial charge is 0.234 e. The van der Waals surface area contributed by atoms with Crippen molar-refractivity contribution in [1.82, 2.24) is 5.32 Å². The van der Waals surface area contributed by atoms with E-state index >= 15 is 0 Å². The van der Waals surface area contributed by atoms with Crippen LogP contribution in [0, 0.1) is 6.92 Å². The maximum atomic E-state index is 12.5. The van der Waals surface area contributed by atoms with Gasteiger partial charge in [-0.05, 0) is 37.1 Å². The van der Waals surface area contributed by atoms with Gasteiger partial charge in [0.2, 0.25) is 11.8 Å². The lowest BCUT2D eigenvalue weighted by Gasteiger charge is -2.17. The Kier molecular flexibility index (Phi) is 6.41. The Labute approximate surface area is 169 Å². The third kappa shape index (κ3) is 5.36. The molecule has 2 aromatic carbocycles. The number of fused-ring (bicyclic) bond motifs is 1. The molecule has 0 radical (unpaired) electrons. The van der Waals surface area contributed by atoms with Gasteiger partial charge in [-0.1, -0.05) is 29.8 Å². The molecule has 0 aromatic heterocycles. The summed E-state index contributed by atoms with van der Waals surface area (Å²) >= 11 is 1.37. The van der Waals surface area contributed by atoms with E-state index in [9.17, 15) is 18.0 Å². The lowest BCUT2D eigenvalue weighted by Crippen LogP contribution is -2.27. The summed E-state index contributed by atoms with van der Waals surface area (Å²) in [6.07, 6.45) is 0.593. The fraction of sp³-hybridized carbons (Fsp3) is 0.300. The average molecular weight is 419 g/mol. The normalized spacial score (nSPS) is 13.5. The maximum Gasteiger partial charge on any atom is 0.234 e. The van der Waals surface area contributed by atoms with Crippen LogP contribution >= 0.6 is 11.8 Å². The molecule has 0 aliphatic carbocycles. The molecule has 3 rings (SSSR count). The zero-order valence-electron chi connectivity index (χ0n) is 15.5. The standard InChI is InChI=1S/C20H22N2O4S2/c1-14-2-4-15(5-3-14)8-10-21-19(23)9-11-28(25,26)16-6-7-18-17(12-16)22-20(24)13-27-18/h2-7,12H,8-11,13H2,1H3,(H,21,23)(H,22,24). The summed E-state index contributed by atoms with van der Waals surface area (Å²) < 4.78 is 25.1. The molecule has 148 valence electrons. The Balaban J connectivity index is 1.51. The van der Waals surface area contributed by atoms with Gasteiger partial charge in [0.15, 0.2) is 9.84 Å². The van der Waals surface area contributed by atoms with E-state index in [1.54, 1.807) is 6.07 Å². The quantitative estimate of drug-likeness (QED) is 0.721. The SMILES string of the molecule is Cc1ccc(CCNC(=O)CCS(=O)(=O)c2ccc3c(c2)NC(=O)CS3)cc1. The van der Waals surface area contributed by atoms with E-state index in [0.717, 1.165) is 10.5 Å². The second-order valence-electron chi connectivity index (χ2n) is 6.65. The number of benzene rings is 2. The lowest BCUT2D eigenvalue weighted by atomic mass is 10.1. The molecule has 1 heterocycles. The highest BCUT2D eigenvalue weighted by molar-refractivity contribution is 8.00. The molecule has 2 N–H and O–H groups in total. The first-order valence-corrected chi connectivity index (χ1v) is 11.6. The number of anilines is 1. The number of thioether (sulfide) groups is 1. The van der Waals surface area contributed by atoms with Crippen molar-refractivity contribution in [1.29, 1.82) is 0 Å². The third-order valence-electron chi connectivity index (χ3n) is 4.40. The molecular weight excluding hydrogens is 396 g/mol. The Morgan fingerprint density at radius 3 is 2.68 bits per heavy atom. The average Bonchev–Trinajstić information content (AvgIpc) is 2.67. The van der Waals surface area contributed by atoms with E-state index in [4.69, 9.17) is 0 Å². The van der Waals surface area contributed by atoms with Crippen LogP contribution < -0.4 is 10.6 Å². The predicted molar refractivity (Wildman–Crippen MR) is 110 cm³/mol. The van der Waals surface area contributed by atoms with Crippen LogP contribution in [-0.4, -0.2) is 38.3 Å². The predicted octanol–water partition coefficient (Wildman–Crippen LogP) is 2.56. The number of sulfone groups is 1. The van der Waals surface area contributed by atoms with Gasteiger partial charge in [0.05, 0.1) is 22.1 Å². The molecule has 0 bridgehead atoms. The molecule has 8 heteroatoms. The minimum absolute atomic E-state index is 0.103. The molecule has 6 nitrogen and oxygen atoms in total. The van der Waals surface area contributed by atoms with Gasteiger partial charge >= 0.3 is 0 Å². The minimum Gasteiger partial charge on any atom is -0.356 e. The van der Waals surface area contributed by atoms with Crippen molar-refractivity contribution >= 4 is 39.1 Å². The molecule has 0 saturated carbocycles. The molecule has 2 aromatic rings. The summed E-state index contributed by atoms with van der Waals surface area (Å²) in [5.74, 6) is -0.400. The monoisotopic (exact) mass is 418 g/mol. The van der Waals surface area contributed by atoms with Crippen molar-refractivity contribution in [2.75, 3.05) is 23.4 Å². The van der Waals surface area contributed by atoms with Crippen LogP contribution in [0.3, 0.4) is 0 Å². The molecule has 0 atom stereocenters. The van der Waals surface area contributed by atoms with Gasteiger partial charge in [0.1, 0.15) is 0 Å². The fourth-order valence-corrected chi connectivity index (χ4v) is 4.84. The number of amides is 2. The van der Waals surface area contributed by atoms with E-state index < -0.39 is 9.84 Å². The first-order chi connectivity index (χ1) is 13.3. The van der Waals surface area contributed by atoms with Gasteiger partial charge in [-0.3, -0.25) is 9.59 Å². The second-order valence-corrected chi connectivity index (χ2v) is 9.78. The van der Waals surface area contributed by atoms with E-state index in [-0.39, 0.29) is 28.9 Å². The molecule has 0 spiro atoms. The summed E-state index contributed by atoms with van der Waals surface area (Å²) in [6.45, 7) is 2.48. The summed E-state index contributed by atoms with van der Waals surface area (Å²) in [5.41, 5.74) is 2.80. The summed E-state index contributed by atoms with van der Waals surface area (Å²) in [5, 5.41) is 5.44. The van der Waals surface area contributed by atoms with Gasteiger partial charge in [-0.15, -0.1) is 11.8 Å². The van der Waals surface area contributed by atoms with Crippen LogP contribution in [0.4, 0.5) is 5.69 Å². The van der Waals surface area contributed by atoms with Crippen molar-refractivity contribution in [3.63, 3.8) is 0 Å². The van der Waals surface area contributed by atoms with Gasteiger partial charge in [-0.25, -0.2) is 8.42 Å². The van der Waals surface area contributed by atoms with Crippen molar-refractivity contribution in [3.05, 3.63) is 53.6 Å². The number of nitrogens with one attached hydrogen (secondary N) is 2. The van der Waals surface area contributed by atoms with Gasteiger partial charge < -0.3 is 10.6 Å². The Morgan fingerprint density at radius 2 is 1.93 bits per heavy atom. The number of hydrogen-bond donors (Lipinski definition) is 2. The molecule has 0 saturated heterocycles. The van der Waals surface area contributed by atoms with Gasteiger partial charge in [0.25, 0.3) is 0 Å². The van der Waals surface area contributed by atoms with Crippen LogP contribution in [0.2, 0.25) is 0 Å². The van der Waals surface area contributed by atoms with Crippen molar-refractivity contribution in [3.8, 4) is 0 Å². The first kappa shape index (κ1) is 20.4. The molecule has 0 fully saturated rings. The van der Waals surface area contributed by atoms with E-state index in [1.807, 2.05) is 31.2 Å². The number of hydrogen-bond acceptors (Lipinski definition) is 5. The summed E-state index contributed by atoms with van der Waals surface area (Å²) in [7, 11) is -3.61. The Hall–Kier alpha value is -2.32. The van der Waals surface area contributed by atoms with Crippen molar-refractivity contribution in [2.45, 2.75) is 29.6 Å². The van der Waals surface area contributed by atoms with Crippen molar-refractivity contribution < 1.29 is 18.0 Å². The number of aryl methyl sites for hydroxylation is 1. The molecule has 1 aliphatic rings. The molecule has 28 heavy (non-hydrogen) atoms. The zero-order valence-corrected chi connectivity index (χ0v) is 17.2. The minimum atomic E-state index is -3.61. The fourth-order valence-electron chi connectivity index (χ4n) is 2.79.